The van der Waals surface area contributed by atoms with E-state index in [0.717, 1.165) is 5.56 Å². The Hall–Kier alpha value is -2.27. The van der Waals surface area contributed by atoms with Gasteiger partial charge < -0.3 is 18.9 Å². The number of amides is 1. The third-order valence-electron chi connectivity index (χ3n) is 2.58. The lowest BCUT2D eigenvalue weighted by molar-refractivity contribution is -0.117. The summed E-state index contributed by atoms with van der Waals surface area (Å²) >= 11 is 0. The Balaban J connectivity index is 1.82. The van der Waals surface area contributed by atoms with E-state index < -0.39 is 0 Å². The summed E-state index contributed by atoms with van der Waals surface area (Å²) in [6.45, 7) is 0.346. The van der Waals surface area contributed by atoms with Gasteiger partial charge in [-0.2, -0.15) is 0 Å². The van der Waals surface area contributed by atoms with Gasteiger partial charge in [-0.05, 0) is 24.3 Å². The predicted molar refractivity (Wildman–Crippen MR) is 69.2 cm³/mol. The molecule has 100 valence electrons. The highest BCUT2D eigenvalue weighted by molar-refractivity contribution is 5.91. The molecular formula is C14H15NO4. The molecule has 0 bridgehead atoms. The molecule has 1 atom stereocenters. The Morgan fingerprint density at radius 1 is 1.47 bits per heavy atom. The number of furan rings is 2. The minimum atomic E-state index is -0.290. The number of hydrogen-bond donors (Lipinski definition) is 1. The van der Waals surface area contributed by atoms with Crippen molar-refractivity contribution >= 4 is 12.0 Å². The molecule has 0 aliphatic rings. The highest BCUT2D eigenvalue weighted by Gasteiger charge is 2.13. The Labute approximate surface area is 110 Å². The summed E-state index contributed by atoms with van der Waals surface area (Å²) in [5, 5.41) is 2.74. The molecule has 0 saturated carbocycles. The highest BCUT2D eigenvalue weighted by Crippen LogP contribution is 2.15. The summed E-state index contributed by atoms with van der Waals surface area (Å²) in [6.07, 6.45) is 7.51. The first-order valence-electron chi connectivity index (χ1n) is 5.84. The smallest absolute Gasteiger partial charge is 0.244 e. The molecule has 2 aromatic rings. The van der Waals surface area contributed by atoms with E-state index in [0.29, 0.717) is 12.3 Å². The molecule has 1 amide bonds. The Bertz CT molecular complexity index is 514. The largest absolute Gasteiger partial charge is 0.472 e. The second-order valence-electron chi connectivity index (χ2n) is 3.87. The van der Waals surface area contributed by atoms with Gasteiger partial charge in [0, 0.05) is 18.7 Å². The standard InChI is InChI=1S/C14H15NO4/c1-17-13(12-3-2-7-19-12)9-15-14(16)5-4-11-6-8-18-10-11/h2-8,10,13H,9H2,1H3,(H,15,16). The second kappa shape index (κ2) is 6.61. The zero-order chi connectivity index (χ0) is 13.5. The van der Waals surface area contributed by atoms with Crippen LogP contribution >= 0.6 is 0 Å². The first-order chi connectivity index (χ1) is 9.29. The minimum absolute atomic E-state index is 0.199. The van der Waals surface area contributed by atoms with Crippen molar-refractivity contribution in [3.05, 3.63) is 54.4 Å². The quantitative estimate of drug-likeness (QED) is 0.811. The lowest BCUT2D eigenvalue weighted by Gasteiger charge is -2.12. The maximum atomic E-state index is 11.6. The zero-order valence-corrected chi connectivity index (χ0v) is 10.5. The molecule has 2 rings (SSSR count). The van der Waals surface area contributed by atoms with Gasteiger partial charge in [0.2, 0.25) is 5.91 Å². The van der Waals surface area contributed by atoms with E-state index in [4.69, 9.17) is 13.6 Å². The van der Waals surface area contributed by atoms with Crippen molar-refractivity contribution in [2.45, 2.75) is 6.10 Å². The fourth-order valence-electron chi connectivity index (χ4n) is 1.57. The molecular weight excluding hydrogens is 246 g/mol. The lowest BCUT2D eigenvalue weighted by Crippen LogP contribution is -2.27. The van der Waals surface area contributed by atoms with Crippen LogP contribution in [0.4, 0.5) is 0 Å². The van der Waals surface area contributed by atoms with Crippen molar-refractivity contribution in [3.8, 4) is 0 Å². The van der Waals surface area contributed by atoms with Gasteiger partial charge >= 0.3 is 0 Å². The predicted octanol–water partition coefficient (Wildman–Crippen LogP) is 2.39. The van der Waals surface area contributed by atoms with Crippen molar-refractivity contribution in [1.82, 2.24) is 5.32 Å². The summed E-state index contributed by atoms with van der Waals surface area (Å²) in [5.41, 5.74) is 0.837. The summed E-state index contributed by atoms with van der Waals surface area (Å²) in [7, 11) is 1.57. The lowest BCUT2D eigenvalue weighted by atomic mass is 10.2. The van der Waals surface area contributed by atoms with Crippen LogP contribution in [0.2, 0.25) is 0 Å². The topological polar surface area (TPSA) is 64.6 Å². The number of hydrogen-bond acceptors (Lipinski definition) is 4. The van der Waals surface area contributed by atoms with Crippen molar-refractivity contribution in [3.63, 3.8) is 0 Å². The van der Waals surface area contributed by atoms with Crippen LogP contribution in [0.15, 0.2) is 51.9 Å². The van der Waals surface area contributed by atoms with Gasteiger partial charge in [-0.1, -0.05) is 0 Å². The highest BCUT2D eigenvalue weighted by atomic mass is 16.5. The molecule has 0 fully saturated rings. The van der Waals surface area contributed by atoms with Crippen molar-refractivity contribution in [2.75, 3.05) is 13.7 Å². The fourth-order valence-corrected chi connectivity index (χ4v) is 1.57. The van der Waals surface area contributed by atoms with Crippen LogP contribution in [-0.4, -0.2) is 19.6 Å². The molecule has 0 radical (unpaired) electrons. The molecule has 2 aromatic heterocycles. The van der Waals surface area contributed by atoms with Crippen LogP contribution in [0.1, 0.15) is 17.4 Å². The number of nitrogens with one attached hydrogen (secondary N) is 1. The number of ether oxygens (including phenoxy) is 1. The summed E-state index contributed by atoms with van der Waals surface area (Å²) in [4.78, 5) is 11.6. The van der Waals surface area contributed by atoms with Gasteiger partial charge in [0.15, 0.2) is 0 Å². The van der Waals surface area contributed by atoms with E-state index >= 15 is 0 Å². The molecule has 1 N–H and O–H groups in total. The third kappa shape index (κ3) is 3.86. The van der Waals surface area contributed by atoms with E-state index in [1.165, 1.54) is 6.08 Å². The van der Waals surface area contributed by atoms with Crippen LogP contribution in [0.25, 0.3) is 6.08 Å². The van der Waals surface area contributed by atoms with E-state index in [1.54, 1.807) is 44.1 Å². The molecule has 2 heterocycles. The number of carbonyl (C=O) groups excluding carboxylic acids is 1. The van der Waals surface area contributed by atoms with Crippen LogP contribution < -0.4 is 5.32 Å². The van der Waals surface area contributed by atoms with Crippen molar-refractivity contribution in [1.29, 1.82) is 0 Å². The van der Waals surface area contributed by atoms with Gasteiger partial charge in [-0.3, -0.25) is 4.79 Å². The molecule has 1 unspecified atom stereocenters. The molecule has 0 spiro atoms. The molecule has 5 nitrogen and oxygen atoms in total. The van der Waals surface area contributed by atoms with E-state index in [-0.39, 0.29) is 12.0 Å². The van der Waals surface area contributed by atoms with Crippen molar-refractivity contribution < 1.29 is 18.4 Å². The molecule has 0 saturated heterocycles. The maximum Gasteiger partial charge on any atom is 0.244 e. The van der Waals surface area contributed by atoms with Gasteiger partial charge in [-0.15, -0.1) is 0 Å². The van der Waals surface area contributed by atoms with Crippen LogP contribution in [0.3, 0.4) is 0 Å². The average molecular weight is 261 g/mol. The Kier molecular flexibility index (Phi) is 4.58. The number of methoxy groups -OCH3 is 1. The summed E-state index contributed by atoms with van der Waals surface area (Å²) in [6, 6.07) is 5.36. The average Bonchev–Trinajstić information content (AvgIpc) is 3.10. The number of rotatable bonds is 6. The van der Waals surface area contributed by atoms with Crippen LogP contribution in [-0.2, 0) is 9.53 Å². The van der Waals surface area contributed by atoms with Gasteiger partial charge in [0.05, 0.1) is 25.3 Å². The normalized spacial score (nSPS) is 12.7. The molecule has 5 heteroatoms. The van der Waals surface area contributed by atoms with Gasteiger partial charge in [0.25, 0.3) is 0 Å². The zero-order valence-electron chi connectivity index (χ0n) is 10.5. The minimum Gasteiger partial charge on any atom is -0.472 e. The second-order valence-corrected chi connectivity index (χ2v) is 3.87. The molecule has 0 aromatic carbocycles. The van der Waals surface area contributed by atoms with E-state index in [9.17, 15) is 4.79 Å². The van der Waals surface area contributed by atoms with E-state index in [2.05, 4.69) is 5.32 Å². The first kappa shape index (κ1) is 13.2. The fraction of sp³-hybridized carbons (Fsp3) is 0.214. The molecule has 0 aliphatic carbocycles. The first-order valence-corrected chi connectivity index (χ1v) is 5.84. The SMILES string of the molecule is COC(CNC(=O)C=Cc1ccoc1)c1ccco1. The third-order valence-corrected chi connectivity index (χ3v) is 2.58. The molecule has 0 aliphatic heterocycles. The van der Waals surface area contributed by atoms with Gasteiger partial charge in [-0.25, -0.2) is 0 Å². The van der Waals surface area contributed by atoms with Crippen LogP contribution in [0.5, 0.6) is 0 Å². The maximum absolute atomic E-state index is 11.6. The monoisotopic (exact) mass is 261 g/mol. The molecule has 19 heavy (non-hydrogen) atoms. The van der Waals surface area contributed by atoms with Crippen LogP contribution in [0, 0.1) is 0 Å². The Morgan fingerprint density at radius 2 is 2.37 bits per heavy atom. The number of carbonyl (C=O) groups is 1. The Morgan fingerprint density at radius 3 is 3.00 bits per heavy atom. The summed E-state index contributed by atoms with van der Waals surface area (Å²) < 4.78 is 15.4. The van der Waals surface area contributed by atoms with Gasteiger partial charge in [0.1, 0.15) is 11.9 Å². The van der Waals surface area contributed by atoms with E-state index in [1.807, 2.05) is 6.07 Å². The summed E-state index contributed by atoms with van der Waals surface area (Å²) in [5.74, 6) is 0.483. The van der Waals surface area contributed by atoms with Crippen molar-refractivity contribution in [2.24, 2.45) is 0 Å².